The minimum Gasteiger partial charge on any atom is -0.340 e. The standard InChI is InChI=1S/C25H19F2N3O/c1-16-8-11-19(29-23-7-2-3-14-28-23)15-20(16)17-9-12-18(13-10-17)30-25(31)24-21(26)5-4-6-22(24)27/h2-15H,1H3,(H,28,29)(H,30,31). The number of pyridine rings is 1. The fourth-order valence-electron chi connectivity index (χ4n) is 3.24. The zero-order valence-electron chi connectivity index (χ0n) is 16.7. The molecular weight excluding hydrogens is 396 g/mol. The highest BCUT2D eigenvalue weighted by atomic mass is 19.1. The maximum absolute atomic E-state index is 13.8. The van der Waals surface area contributed by atoms with Crippen LogP contribution in [0.15, 0.2) is 85.1 Å². The van der Waals surface area contributed by atoms with Crippen LogP contribution in [0.4, 0.5) is 26.0 Å². The summed E-state index contributed by atoms with van der Waals surface area (Å²) in [6.07, 6.45) is 1.72. The van der Waals surface area contributed by atoms with Crippen molar-refractivity contribution in [3.63, 3.8) is 0 Å². The van der Waals surface area contributed by atoms with Gasteiger partial charge in [-0.25, -0.2) is 13.8 Å². The smallest absolute Gasteiger partial charge is 0.261 e. The fraction of sp³-hybridized carbons (Fsp3) is 0.0400. The molecule has 1 amide bonds. The first-order valence-corrected chi connectivity index (χ1v) is 9.66. The lowest BCUT2D eigenvalue weighted by Crippen LogP contribution is -2.15. The predicted octanol–water partition coefficient (Wildman–Crippen LogP) is 6.33. The molecular formula is C25H19F2N3O. The molecule has 3 aromatic carbocycles. The van der Waals surface area contributed by atoms with Crippen molar-refractivity contribution in [2.45, 2.75) is 6.92 Å². The molecule has 4 rings (SSSR count). The Morgan fingerprint density at radius 3 is 2.23 bits per heavy atom. The highest BCUT2D eigenvalue weighted by Crippen LogP contribution is 2.29. The second kappa shape index (κ2) is 8.75. The number of benzene rings is 3. The van der Waals surface area contributed by atoms with E-state index < -0.39 is 23.1 Å². The second-order valence-electron chi connectivity index (χ2n) is 7.00. The third-order valence-electron chi connectivity index (χ3n) is 4.82. The number of aryl methyl sites for hydroxylation is 1. The van der Waals surface area contributed by atoms with Gasteiger partial charge in [0, 0.05) is 17.6 Å². The van der Waals surface area contributed by atoms with Gasteiger partial charge in [0.2, 0.25) is 0 Å². The van der Waals surface area contributed by atoms with Crippen molar-refractivity contribution >= 4 is 23.1 Å². The van der Waals surface area contributed by atoms with Gasteiger partial charge in [-0.15, -0.1) is 0 Å². The van der Waals surface area contributed by atoms with Gasteiger partial charge in [-0.3, -0.25) is 4.79 Å². The van der Waals surface area contributed by atoms with E-state index in [2.05, 4.69) is 15.6 Å². The van der Waals surface area contributed by atoms with Crippen LogP contribution >= 0.6 is 0 Å². The molecule has 4 aromatic rings. The van der Waals surface area contributed by atoms with Crippen LogP contribution in [-0.4, -0.2) is 10.9 Å². The first kappa shape index (κ1) is 20.2. The number of hydrogen-bond donors (Lipinski definition) is 2. The molecule has 0 fully saturated rings. The minimum absolute atomic E-state index is 0.442. The number of anilines is 3. The molecule has 0 spiro atoms. The van der Waals surface area contributed by atoms with E-state index >= 15 is 0 Å². The Morgan fingerprint density at radius 2 is 1.55 bits per heavy atom. The Kier molecular flexibility index (Phi) is 5.71. The average molecular weight is 415 g/mol. The largest absolute Gasteiger partial charge is 0.340 e. The summed E-state index contributed by atoms with van der Waals surface area (Å²) < 4.78 is 27.6. The van der Waals surface area contributed by atoms with E-state index in [0.29, 0.717) is 5.69 Å². The van der Waals surface area contributed by atoms with Crippen molar-refractivity contribution in [2.24, 2.45) is 0 Å². The summed E-state index contributed by atoms with van der Waals surface area (Å²) in [6.45, 7) is 2.01. The average Bonchev–Trinajstić information content (AvgIpc) is 2.76. The molecule has 0 aliphatic rings. The Morgan fingerprint density at radius 1 is 0.839 bits per heavy atom. The zero-order chi connectivity index (χ0) is 21.8. The lowest BCUT2D eigenvalue weighted by Gasteiger charge is -2.12. The molecule has 0 unspecified atom stereocenters. The second-order valence-corrected chi connectivity index (χ2v) is 7.00. The number of hydrogen-bond acceptors (Lipinski definition) is 3. The van der Waals surface area contributed by atoms with Crippen molar-refractivity contribution in [2.75, 3.05) is 10.6 Å². The summed E-state index contributed by atoms with van der Waals surface area (Å²) >= 11 is 0. The molecule has 1 aromatic heterocycles. The molecule has 154 valence electrons. The Balaban J connectivity index is 1.54. The minimum atomic E-state index is -0.901. The Bertz CT molecular complexity index is 1210. The van der Waals surface area contributed by atoms with Gasteiger partial charge in [-0.2, -0.15) is 0 Å². The molecule has 2 N–H and O–H groups in total. The summed E-state index contributed by atoms with van der Waals surface area (Å²) in [5, 5.41) is 5.81. The van der Waals surface area contributed by atoms with Gasteiger partial charge in [-0.05, 0) is 72.1 Å². The monoisotopic (exact) mass is 415 g/mol. The van der Waals surface area contributed by atoms with Gasteiger partial charge in [-0.1, -0.05) is 30.3 Å². The normalized spacial score (nSPS) is 10.5. The Hall–Kier alpha value is -4.06. The number of aromatic nitrogens is 1. The zero-order valence-corrected chi connectivity index (χ0v) is 16.7. The molecule has 31 heavy (non-hydrogen) atoms. The van der Waals surface area contributed by atoms with Crippen molar-refractivity contribution in [1.29, 1.82) is 0 Å². The number of nitrogens with one attached hydrogen (secondary N) is 2. The van der Waals surface area contributed by atoms with E-state index in [4.69, 9.17) is 0 Å². The van der Waals surface area contributed by atoms with Crippen LogP contribution in [0.2, 0.25) is 0 Å². The van der Waals surface area contributed by atoms with Crippen molar-refractivity contribution < 1.29 is 13.6 Å². The molecule has 6 heteroatoms. The molecule has 0 radical (unpaired) electrons. The predicted molar refractivity (Wildman–Crippen MR) is 118 cm³/mol. The molecule has 0 bridgehead atoms. The molecule has 0 atom stereocenters. The van der Waals surface area contributed by atoms with Crippen LogP contribution in [0.25, 0.3) is 11.1 Å². The number of nitrogens with zero attached hydrogens (tertiary/aromatic N) is 1. The van der Waals surface area contributed by atoms with E-state index in [1.165, 1.54) is 6.07 Å². The van der Waals surface area contributed by atoms with Crippen molar-refractivity contribution in [1.82, 2.24) is 4.98 Å². The van der Waals surface area contributed by atoms with E-state index in [0.717, 1.165) is 40.3 Å². The third kappa shape index (κ3) is 4.59. The van der Waals surface area contributed by atoms with Crippen molar-refractivity contribution in [3.05, 3.63) is 108 Å². The number of carbonyl (C=O) groups excluding carboxylic acids is 1. The molecule has 0 aliphatic carbocycles. The molecule has 0 saturated heterocycles. The van der Waals surface area contributed by atoms with Crippen LogP contribution in [0.5, 0.6) is 0 Å². The number of carbonyl (C=O) groups is 1. The maximum atomic E-state index is 13.8. The molecule has 0 aliphatic heterocycles. The highest BCUT2D eigenvalue weighted by molar-refractivity contribution is 6.04. The van der Waals surface area contributed by atoms with E-state index in [1.807, 2.05) is 55.5 Å². The number of amides is 1. The van der Waals surface area contributed by atoms with Crippen LogP contribution in [0.3, 0.4) is 0 Å². The fourth-order valence-corrected chi connectivity index (χ4v) is 3.24. The molecule has 1 heterocycles. The topological polar surface area (TPSA) is 54.0 Å². The third-order valence-corrected chi connectivity index (χ3v) is 4.82. The van der Waals surface area contributed by atoms with Crippen LogP contribution in [-0.2, 0) is 0 Å². The SMILES string of the molecule is Cc1ccc(Nc2ccccn2)cc1-c1ccc(NC(=O)c2c(F)cccc2F)cc1. The van der Waals surface area contributed by atoms with Crippen LogP contribution < -0.4 is 10.6 Å². The summed E-state index contributed by atoms with van der Waals surface area (Å²) in [5.41, 5.74) is 3.77. The quantitative estimate of drug-likeness (QED) is 0.400. The van der Waals surface area contributed by atoms with Crippen LogP contribution in [0, 0.1) is 18.6 Å². The lowest BCUT2D eigenvalue weighted by molar-refractivity contribution is 0.101. The van der Waals surface area contributed by atoms with E-state index in [9.17, 15) is 13.6 Å². The lowest BCUT2D eigenvalue weighted by atomic mass is 9.99. The van der Waals surface area contributed by atoms with E-state index in [-0.39, 0.29) is 0 Å². The van der Waals surface area contributed by atoms with Gasteiger partial charge in [0.1, 0.15) is 23.0 Å². The van der Waals surface area contributed by atoms with Gasteiger partial charge < -0.3 is 10.6 Å². The summed E-state index contributed by atoms with van der Waals surface area (Å²) in [5.74, 6) is -1.89. The highest BCUT2D eigenvalue weighted by Gasteiger charge is 2.17. The van der Waals surface area contributed by atoms with Crippen molar-refractivity contribution in [3.8, 4) is 11.1 Å². The van der Waals surface area contributed by atoms with Gasteiger partial charge in [0.25, 0.3) is 5.91 Å². The summed E-state index contributed by atoms with van der Waals surface area (Å²) in [6, 6.07) is 22.1. The van der Waals surface area contributed by atoms with Gasteiger partial charge in [0.15, 0.2) is 0 Å². The Labute approximate surface area is 178 Å². The summed E-state index contributed by atoms with van der Waals surface area (Å²) in [7, 11) is 0. The number of rotatable bonds is 5. The van der Waals surface area contributed by atoms with Gasteiger partial charge >= 0.3 is 0 Å². The van der Waals surface area contributed by atoms with Gasteiger partial charge in [0.05, 0.1) is 0 Å². The molecule has 4 nitrogen and oxygen atoms in total. The molecule has 0 saturated carbocycles. The number of halogens is 2. The van der Waals surface area contributed by atoms with Crippen LogP contribution in [0.1, 0.15) is 15.9 Å². The first-order valence-electron chi connectivity index (χ1n) is 9.66. The first-order chi connectivity index (χ1) is 15.0. The summed E-state index contributed by atoms with van der Waals surface area (Å²) in [4.78, 5) is 16.5. The maximum Gasteiger partial charge on any atom is 0.261 e. The van der Waals surface area contributed by atoms with E-state index in [1.54, 1.807) is 18.3 Å².